The summed E-state index contributed by atoms with van der Waals surface area (Å²) < 4.78 is 5.68. The monoisotopic (exact) mass is 442 g/mol. The van der Waals surface area contributed by atoms with E-state index in [2.05, 4.69) is 65.3 Å². The van der Waals surface area contributed by atoms with Crippen LogP contribution in [-0.4, -0.2) is 42.1 Å². The Balaban J connectivity index is 1.32. The average molecular weight is 443 g/mol. The number of carbonyl (C=O) groups excluding carboxylic acids is 1. The SMILES string of the molecule is Cc1ccc(C2(C(=O)N3CCC[C@@H](Cc4cccc5cnccc45)CC3)CCOCC2)cc1. The number of hydrogen-bond acceptors (Lipinski definition) is 3. The van der Waals surface area contributed by atoms with Crippen LogP contribution in [0, 0.1) is 12.8 Å². The normalized spacial score (nSPS) is 21.0. The quantitative estimate of drug-likeness (QED) is 0.539. The lowest BCUT2D eigenvalue weighted by molar-refractivity contribution is -0.141. The highest BCUT2D eigenvalue weighted by Crippen LogP contribution is 2.38. The fraction of sp³-hybridized carbons (Fsp3) is 0.448. The topological polar surface area (TPSA) is 42.4 Å². The number of aryl methyl sites for hydroxylation is 1. The maximum absolute atomic E-state index is 14.0. The van der Waals surface area contributed by atoms with E-state index in [-0.39, 0.29) is 0 Å². The summed E-state index contributed by atoms with van der Waals surface area (Å²) in [6, 6.07) is 17.3. The standard InChI is InChI=1S/C29H34N2O2/c1-22-7-9-26(10-8-22)29(13-18-33-19-14-29)28(32)31-16-3-4-23(12-17-31)20-24-5-2-6-25-21-30-15-11-27(24)25/h2,5-11,15,21,23H,3-4,12-14,16-20H2,1H3/t23-/m1/s1. The Morgan fingerprint density at radius 2 is 1.88 bits per heavy atom. The molecule has 33 heavy (non-hydrogen) atoms. The van der Waals surface area contributed by atoms with Gasteiger partial charge in [0.25, 0.3) is 0 Å². The molecule has 2 aliphatic heterocycles. The Morgan fingerprint density at radius 3 is 2.70 bits per heavy atom. The first-order valence-corrected chi connectivity index (χ1v) is 12.4. The molecule has 0 saturated carbocycles. The van der Waals surface area contributed by atoms with Crippen LogP contribution in [0.15, 0.2) is 60.9 Å². The van der Waals surface area contributed by atoms with E-state index >= 15 is 0 Å². The Hall–Kier alpha value is -2.72. The first-order valence-electron chi connectivity index (χ1n) is 12.4. The second-order valence-corrected chi connectivity index (χ2v) is 9.87. The van der Waals surface area contributed by atoms with Gasteiger partial charge in [0.15, 0.2) is 0 Å². The molecule has 2 saturated heterocycles. The van der Waals surface area contributed by atoms with Crippen LogP contribution in [0.5, 0.6) is 0 Å². The highest BCUT2D eigenvalue weighted by molar-refractivity contribution is 5.88. The van der Waals surface area contributed by atoms with E-state index in [0.29, 0.717) is 25.0 Å². The van der Waals surface area contributed by atoms with Crippen molar-refractivity contribution in [2.45, 2.75) is 50.9 Å². The predicted molar refractivity (Wildman–Crippen MR) is 132 cm³/mol. The van der Waals surface area contributed by atoms with Crippen LogP contribution in [0.1, 0.15) is 48.8 Å². The van der Waals surface area contributed by atoms with Crippen molar-refractivity contribution in [3.05, 3.63) is 77.6 Å². The van der Waals surface area contributed by atoms with Crippen LogP contribution in [-0.2, 0) is 21.4 Å². The molecule has 1 amide bonds. The number of ether oxygens (including phenoxy) is 1. The van der Waals surface area contributed by atoms with Gasteiger partial charge in [-0.3, -0.25) is 9.78 Å². The summed E-state index contributed by atoms with van der Waals surface area (Å²) in [4.78, 5) is 20.5. The van der Waals surface area contributed by atoms with Gasteiger partial charge in [-0.15, -0.1) is 0 Å². The largest absolute Gasteiger partial charge is 0.381 e. The van der Waals surface area contributed by atoms with Crippen LogP contribution in [0.4, 0.5) is 0 Å². The maximum Gasteiger partial charge on any atom is 0.233 e. The van der Waals surface area contributed by atoms with Crippen LogP contribution < -0.4 is 0 Å². The number of aromatic nitrogens is 1. The lowest BCUT2D eigenvalue weighted by Crippen LogP contribution is -2.50. The number of pyridine rings is 1. The maximum atomic E-state index is 14.0. The first kappa shape index (κ1) is 22.1. The molecule has 2 aliphatic rings. The second kappa shape index (κ2) is 9.64. The number of carbonyl (C=O) groups is 1. The van der Waals surface area contributed by atoms with Crippen molar-refractivity contribution >= 4 is 16.7 Å². The van der Waals surface area contributed by atoms with Gasteiger partial charge in [0.2, 0.25) is 5.91 Å². The van der Waals surface area contributed by atoms with Crippen molar-refractivity contribution in [3.63, 3.8) is 0 Å². The number of rotatable bonds is 4. The molecule has 5 rings (SSSR count). The molecule has 0 bridgehead atoms. The molecular formula is C29H34N2O2. The molecule has 0 spiro atoms. The second-order valence-electron chi connectivity index (χ2n) is 9.87. The molecule has 0 radical (unpaired) electrons. The minimum atomic E-state index is -0.436. The number of amides is 1. The third-order valence-corrected chi connectivity index (χ3v) is 7.77. The van der Waals surface area contributed by atoms with Crippen LogP contribution in [0.25, 0.3) is 10.8 Å². The molecule has 1 atom stereocenters. The van der Waals surface area contributed by atoms with E-state index in [1.54, 1.807) is 0 Å². The molecule has 3 aromatic rings. The van der Waals surface area contributed by atoms with Crippen molar-refractivity contribution in [1.82, 2.24) is 9.88 Å². The van der Waals surface area contributed by atoms with Gasteiger partial charge >= 0.3 is 0 Å². The number of fused-ring (bicyclic) bond motifs is 1. The molecule has 3 heterocycles. The highest BCUT2D eigenvalue weighted by atomic mass is 16.5. The highest BCUT2D eigenvalue weighted by Gasteiger charge is 2.44. The van der Waals surface area contributed by atoms with Gasteiger partial charge in [0.1, 0.15) is 0 Å². The number of benzene rings is 2. The van der Waals surface area contributed by atoms with Gasteiger partial charge in [0.05, 0.1) is 5.41 Å². The molecule has 4 nitrogen and oxygen atoms in total. The van der Waals surface area contributed by atoms with Gasteiger partial charge in [-0.25, -0.2) is 0 Å². The van der Waals surface area contributed by atoms with Crippen LogP contribution in [0.3, 0.4) is 0 Å². The summed E-state index contributed by atoms with van der Waals surface area (Å²) in [6.07, 6.45) is 9.77. The molecule has 2 fully saturated rings. The van der Waals surface area contributed by atoms with Crippen molar-refractivity contribution in [2.75, 3.05) is 26.3 Å². The van der Waals surface area contributed by atoms with Crippen LogP contribution >= 0.6 is 0 Å². The number of nitrogens with zero attached hydrogens (tertiary/aromatic N) is 2. The molecule has 0 aliphatic carbocycles. The smallest absolute Gasteiger partial charge is 0.233 e. The van der Waals surface area contributed by atoms with Crippen molar-refractivity contribution in [2.24, 2.45) is 5.92 Å². The van der Waals surface area contributed by atoms with E-state index < -0.39 is 5.41 Å². The van der Waals surface area contributed by atoms with Gasteiger partial charge < -0.3 is 9.64 Å². The third-order valence-electron chi connectivity index (χ3n) is 7.77. The molecule has 1 aromatic heterocycles. The summed E-state index contributed by atoms with van der Waals surface area (Å²) in [5.74, 6) is 0.915. The lowest BCUT2D eigenvalue weighted by atomic mass is 9.72. The summed E-state index contributed by atoms with van der Waals surface area (Å²) in [5, 5.41) is 2.52. The van der Waals surface area contributed by atoms with E-state index in [9.17, 15) is 4.79 Å². The molecule has 0 N–H and O–H groups in total. The van der Waals surface area contributed by atoms with Crippen molar-refractivity contribution < 1.29 is 9.53 Å². The summed E-state index contributed by atoms with van der Waals surface area (Å²) in [6.45, 7) is 5.13. The Morgan fingerprint density at radius 1 is 1.06 bits per heavy atom. The van der Waals surface area contributed by atoms with Gasteiger partial charge in [-0.2, -0.15) is 0 Å². The van der Waals surface area contributed by atoms with E-state index in [0.717, 1.165) is 50.8 Å². The van der Waals surface area contributed by atoms with Crippen LogP contribution in [0.2, 0.25) is 0 Å². The van der Waals surface area contributed by atoms with Gasteiger partial charge in [0, 0.05) is 44.1 Å². The Kier molecular flexibility index (Phi) is 6.45. The fourth-order valence-electron chi connectivity index (χ4n) is 5.77. The molecule has 2 aromatic carbocycles. The summed E-state index contributed by atoms with van der Waals surface area (Å²) in [5.41, 5.74) is 3.36. The minimum absolute atomic E-state index is 0.312. The van der Waals surface area contributed by atoms with E-state index in [1.165, 1.54) is 28.3 Å². The van der Waals surface area contributed by atoms with Gasteiger partial charge in [-0.05, 0) is 73.9 Å². The lowest BCUT2D eigenvalue weighted by Gasteiger charge is -2.40. The molecular weight excluding hydrogens is 408 g/mol. The van der Waals surface area contributed by atoms with Crippen molar-refractivity contribution in [3.8, 4) is 0 Å². The zero-order valence-corrected chi connectivity index (χ0v) is 19.6. The zero-order valence-electron chi connectivity index (χ0n) is 19.6. The predicted octanol–water partition coefficient (Wildman–Crippen LogP) is 5.46. The molecule has 4 heteroatoms. The van der Waals surface area contributed by atoms with E-state index in [1.807, 2.05) is 12.4 Å². The summed E-state index contributed by atoms with van der Waals surface area (Å²) in [7, 11) is 0. The van der Waals surface area contributed by atoms with E-state index in [4.69, 9.17) is 4.74 Å². The first-order chi connectivity index (χ1) is 16.2. The number of likely N-dealkylation sites (tertiary alicyclic amines) is 1. The fourth-order valence-corrected chi connectivity index (χ4v) is 5.77. The minimum Gasteiger partial charge on any atom is -0.381 e. The molecule has 172 valence electrons. The Labute approximate surface area is 197 Å². The van der Waals surface area contributed by atoms with Gasteiger partial charge in [-0.1, -0.05) is 48.0 Å². The average Bonchev–Trinajstić information content (AvgIpc) is 3.10. The zero-order chi connectivity index (χ0) is 22.7. The third kappa shape index (κ3) is 4.54. The molecule has 0 unspecified atom stereocenters. The van der Waals surface area contributed by atoms with Crippen molar-refractivity contribution in [1.29, 1.82) is 0 Å². The number of hydrogen-bond donors (Lipinski definition) is 0. The Bertz CT molecular complexity index is 1100. The summed E-state index contributed by atoms with van der Waals surface area (Å²) >= 11 is 0.